The summed E-state index contributed by atoms with van der Waals surface area (Å²) in [5, 5.41) is 4.27. The summed E-state index contributed by atoms with van der Waals surface area (Å²) in [7, 11) is 1.46. The van der Waals surface area contributed by atoms with E-state index in [2.05, 4.69) is 26.1 Å². The largest absolute Gasteiger partial charge is 0.468 e. The smallest absolute Gasteiger partial charge is 0.325 e. The zero-order valence-corrected chi connectivity index (χ0v) is 14.2. The number of thioether (sulfide) groups is 1. The highest BCUT2D eigenvalue weighted by molar-refractivity contribution is 8.00. The fourth-order valence-electron chi connectivity index (χ4n) is 2.67. The summed E-state index contributed by atoms with van der Waals surface area (Å²) in [5.74, 6) is -0.172. The molecule has 0 spiro atoms. The normalized spacial score (nSPS) is 27.1. The first kappa shape index (κ1) is 17.8. The van der Waals surface area contributed by atoms with Crippen molar-refractivity contribution in [2.24, 2.45) is 0 Å². The van der Waals surface area contributed by atoms with Gasteiger partial charge in [-0.05, 0) is 39.7 Å². The minimum absolute atomic E-state index is 0.172. The third-order valence-electron chi connectivity index (χ3n) is 3.81. The first-order chi connectivity index (χ1) is 9.42. The van der Waals surface area contributed by atoms with Gasteiger partial charge in [-0.25, -0.2) is 0 Å². The van der Waals surface area contributed by atoms with Crippen LogP contribution in [-0.4, -0.2) is 48.4 Å². The summed E-state index contributed by atoms with van der Waals surface area (Å²) in [6.45, 7) is 10.0. The van der Waals surface area contributed by atoms with Crippen molar-refractivity contribution in [3.05, 3.63) is 0 Å². The molecule has 1 N–H and O–H groups in total. The van der Waals surface area contributed by atoms with E-state index in [1.165, 1.54) is 7.11 Å². The van der Waals surface area contributed by atoms with Crippen LogP contribution in [0.4, 0.5) is 0 Å². The Morgan fingerprint density at radius 1 is 1.60 bits per heavy atom. The van der Waals surface area contributed by atoms with Gasteiger partial charge in [-0.3, -0.25) is 4.79 Å². The van der Waals surface area contributed by atoms with Crippen LogP contribution >= 0.6 is 11.8 Å². The average Bonchev–Trinajstić information content (AvgIpc) is 2.80. The zero-order valence-electron chi connectivity index (χ0n) is 13.4. The van der Waals surface area contributed by atoms with Crippen molar-refractivity contribution in [2.45, 2.75) is 69.1 Å². The van der Waals surface area contributed by atoms with E-state index in [-0.39, 0.29) is 5.97 Å². The number of rotatable bonds is 8. The number of carbonyl (C=O) groups is 1. The molecule has 4 unspecified atom stereocenters. The summed E-state index contributed by atoms with van der Waals surface area (Å²) < 4.78 is 10.6. The van der Waals surface area contributed by atoms with Crippen molar-refractivity contribution in [1.29, 1.82) is 0 Å². The Hall–Kier alpha value is -0.260. The highest BCUT2D eigenvalue weighted by atomic mass is 32.2. The molecule has 0 aliphatic carbocycles. The maximum absolute atomic E-state index is 12.1. The van der Waals surface area contributed by atoms with E-state index in [0.29, 0.717) is 16.6 Å². The van der Waals surface area contributed by atoms with Crippen LogP contribution in [0.15, 0.2) is 0 Å². The predicted molar refractivity (Wildman–Crippen MR) is 84.2 cm³/mol. The summed E-state index contributed by atoms with van der Waals surface area (Å²) in [6, 6.07) is 0. The van der Waals surface area contributed by atoms with Gasteiger partial charge in [0.15, 0.2) is 0 Å². The van der Waals surface area contributed by atoms with Crippen molar-refractivity contribution < 1.29 is 14.3 Å². The summed E-state index contributed by atoms with van der Waals surface area (Å²) in [6.07, 6.45) is 3.19. The van der Waals surface area contributed by atoms with E-state index in [9.17, 15) is 4.79 Å². The minimum atomic E-state index is -0.597. The molecule has 1 saturated heterocycles. The SMILES string of the molecule is CCCNC(C)(CC(C)SC1CCOC1C)C(=O)OC. The quantitative estimate of drug-likeness (QED) is 0.699. The van der Waals surface area contributed by atoms with Gasteiger partial charge < -0.3 is 14.8 Å². The second-order valence-electron chi connectivity index (χ2n) is 5.80. The van der Waals surface area contributed by atoms with Crippen molar-refractivity contribution in [1.82, 2.24) is 5.32 Å². The van der Waals surface area contributed by atoms with Gasteiger partial charge in [0.2, 0.25) is 0 Å². The summed E-state index contributed by atoms with van der Waals surface area (Å²) in [4.78, 5) is 12.1. The molecule has 0 radical (unpaired) electrons. The first-order valence-corrected chi connectivity index (χ1v) is 8.47. The molecule has 4 nitrogen and oxygen atoms in total. The van der Waals surface area contributed by atoms with Crippen LogP contribution in [0.1, 0.15) is 47.0 Å². The number of nitrogens with one attached hydrogen (secondary N) is 1. The molecule has 4 atom stereocenters. The molecular weight excluding hydrogens is 274 g/mol. The predicted octanol–water partition coefficient (Wildman–Crippen LogP) is 2.61. The van der Waals surface area contributed by atoms with E-state index in [1.807, 2.05) is 18.7 Å². The Labute approximate surface area is 127 Å². The topological polar surface area (TPSA) is 47.6 Å². The molecule has 1 fully saturated rings. The lowest BCUT2D eigenvalue weighted by Crippen LogP contribution is -2.52. The van der Waals surface area contributed by atoms with Crippen molar-refractivity contribution >= 4 is 17.7 Å². The molecule has 1 aliphatic rings. The van der Waals surface area contributed by atoms with Gasteiger partial charge >= 0.3 is 5.97 Å². The first-order valence-electron chi connectivity index (χ1n) is 7.53. The number of hydrogen-bond donors (Lipinski definition) is 1. The fraction of sp³-hybridized carbons (Fsp3) is 0.933. The van der Waals surface area contributed by atoms with E-state index in [4.69, 9.17) is 9.47 Å². The third-order valence-corrected chi connectivity index (χ3v) is 5.41. The molecular formula is C15H29NO3S. The molecule has 118 valence electrons. The maximum Gasteiger partial charge on any atom is 0.325 e. The van der Waals surface area contributed by atoms with Gasteiger partial charge in [-0.2, -0.15) is 11.8 Å². The van der Waals surface area contributed by atoms with Crippen LogP contribution in [-0.2, 0) is 14.3 Å². The standard InChI is InChI=1S/C15H29NO3S/c1-6-8-16-15(4,14(17)18-5)10-11(2)20-13-7-9-19-12(13)3/h11-13,16H,6-10H2,1-5H3. The maximum atomic E-state index is 12.1. The van der Waals surface area contributed by atoms with Crippen LogP contribution in [0.5, 0.6) is 0 Å². The van der Waals surface area contributed by atoms with Crippen molar-refractivity contribution in [3.8, 4) is 0 Å². The molecule has 20 heavy (non-hydrogen) atoms. The van der Waals surface area contributed by atoms with E-state index in [0.717, 1.165) is 32.4 Å². The lowest BCUT2D eigenvalue weighted by molar-refractivity contribution is -0.148. The van der Waals surface area contributed by atoms with Gasteiger partial charge in [-0.15, -0.1) is 0 Å². The van der Waals surface area contributed by atoms with Crippen molar-refractivity contribution in [2.75, 3.05) is 20.3 Å². The average molecular weight is 303 g/mol. The molecule has 5 heteroatoms. The van der Waals surface area contributed by atoms with Gasteiger partial charge in [0.25, 0.3) is 0 Å². The van der Waals surface area contributed by atoms with Crippen LogP contribution in [0, 0.1) is 0 Å². The Balaban J connectivity index is 2.56. The van der Waals surface area contributed by atoms with Crippen LogP contribution in [0.25, 0.3) is 0 Å². The Morgan fingerprint density at radius 2 is 2.30 bits per heavy atom. The van der Waals surface area contributed by atoms with Crippen molar-refractivity contribution in [3.63, 3.8) is 0 Å². The number of ether oxygens (including phenoxy) is 2. The Bertz CT molecular complexity index is 313. The molecule has 1 rings (SSSR count). The highest BCUT2D eigenvalue weighted by Gasteiger charge is 2.36. The van der Waals surface area contributed by atoms with Gasteiger partial charge in [0, 0.05) is 17.1 Å². The highest BCUT2D eigenvalue weighted by Crippen LogP contribution is 2.33. The van der Waals surface area contributed by atoms with Crippen LogP contribution in [0.2, 0.25) is 0 Å². The Kier molecular flexibility index (Phi) is 7.34. The van der Waals surface area contributed by atoms with Crippen LogP contribution in [0.3, 0.4) is 0 Å². The lowest BCUT2D eigenvalue weighted by Gasteiger charge is -2.31. The van der Waals surface area contributed by atoms with E-state index in [1.54, 1.807) is 0 Å². The van der Waals surface area contributed by atoms with E-state index >= 15 is 0 Å². The molecule has 0 bridgehead atoms. The second kappa shape index (κ2) is 8.25. The summed E-state index contributed by atoms with van der Waals surface area (Å²) >= 11 is 1.93. The fourth-order valence-corrected chi connectivity index (χ4v) is 4.22. The third kappa shape index (κ3) is 4.93. The summed E-state index contributed by atoms with van der Waals surface area (Å²) in [5.41, 5.74) is -0.597. The van der Waals surface area contributed by atoms with Gasteiger partial charge in [0.05, 0.1) is 13.2 Å². The molecule has 0 saturated carbocycles. The van der Waals surface area contributed by atoms with Gasteiger partial charge in [0.1, 0.15) is 5.54 Å². The molecule has 0 aromatic rings. The number of methoxy groups -OCH3 is 1. The number of hydrogen-bond acceptors (Lipinski definition) is 5. The zero-order chi connectivity index (χ0) is 15.2. The molecule has 0 amide bonds. The second-order valence-corrected chi connectivity index (χ2v) is 7.49. The van der Waals surface area contributed by atoms with E-state index < -0.39 is 5.54 Å². The lowest BCUT2D eigenvalue weighted by atomic mass is 9.96. The Morgan fingerprint density at radius 3 is 2.80 bits per heavy atom. The number of esters is 1. The monoisotopic (exact) mass is 303 g/mol. The van der Waals surface area contributed by atoms with Gasteiger partial charge in [-0.1, -0.05) is 13.8 Å². The molecule has 1 aliphatic heterocycles. The number of carbonyl (C=O) groups excluding carboxylic acids is 1. The minimum Gasteiger partial charge on any atom is -0.468 e. The molecule has 0 aromatic heterocycles. The molecule has 1 heterocycles. The van der Waals surface area contributed by atoms with Crippen LogP contribution < -0.4 is 5.32 Å². The molecule has 0 aromatic carbocycles.